The van der Waals surface area contributed by atoms with Crippen molar-refractivity contribution in [2.75, 3.05) is 11.1 Å². The fraction of sp³-hybridized carbons (Fsp3) is 0.125. The molecule has 0 aliphatic heterocycles. The number of rotatable bonds is 5. The first kappa shape index (κ1) is 14.8. The zero-order valence-corrected chi connectivity index (χ0v) is 11.3. The summed E-state index contributed by atoms with van der Waals surface area (Å²) >= 11 is 0. The Kier molecular flexibility index (Phi) is 5.12. The highest BCUT2D eigenvalue weighted by molar-refractivity contribution is 5.58. The minimum Gasteiger partial charge on any atom is -0.396 e. The highest BCUT2D eigenvalue weighted by Gasteiger charge is 2.02. The van der Waals surface area contributed by atoms with Gasteiger partial charge in [-0.15, -0.1) is 0 Å². The van der Waals surface area contributed by atoms with Gasteiger partial charge in [-0.05, 0) is 37.6 Å². The predicted octanol–water partition coefficient (Wildman–Crippen LogP) is 4.41. The average Bonchev–Trinajstić information content (AvgIpc) is 2.33. The summed E-state index contributed by atoms with van der Waals surface area (Å²) in [5.41, 5.74) is 8.67. The third-order valence-corrected chi connectivity index (χ3v) is 2.41. The van der Waals surface area contributed by atoms with Crippen LogP contribution in [0.3, 0.4) is 0 Å². The van der Waals surface area contributed by atoms with Crippen LogP contribution in [0.4, 0.5) is 15.8 Å². The van der Waals surface area contributed by atoms with Crippen LogP contribution in [0.5, 0.6) is 0 Å². The van der Waals surface area contributed by atoms with Crippen molar-refractivity contribution in [1.82, 2.24) is 0 Å². The van der Waals surface area contributed by atoms with Gasteiger partial charge in [-0.3, -0.25) is 0 Å². The van der Waals surface area contributed by atoms with E-state index in [1.54, 1.807) is 6.07 Å². The molecular weight excluding hydrogens is 239 g/mol. The van der Waals surface area contributed by atoms with Crippen molar-refractivity contribution < 1.29 is 4.39 Å². The van der Waals surface area contributed by atoms with E-state index in [4.69, 9.17) is 5.73 Å². The van der Waals surface area contributed by atoms with Crippen molar-refractivity contribution >= 4 is 11.4 Å². The Labute approximate surface area is 113 Å². The minimum absolute atomic E-state index is 0.124. The van der Waals surface area contributed by atoms with E-state index in [1.165, 1.54) is 17.7 Å². The van der Waals surface area contributed by atoms with E-state index < -0.39 is 5.82 Å². The molecule has 1 aromatic rings. The maximum atomic E-state index is 13.3. The molecule has 1 aromatic carbocycles. The topological polar surface area (TPSA) is 38.0 Å². The number of nitrogens with one attached hydrogen (secondary N) is 1. The van der Waals surface area contributed by atoms with Gasteiger partial charge in [0.2, 0.25) is 0 Å². The van der Waals surface area contributed by atoms with Gasteiger partial charge in [0.1, 0.15) is 5.82 Å². The first-order chi connectivity index (χ1) is 8.90. The van der Waals surface area contributed by atoms with Crippen molar-refractivity contribution in [2.45, 2.75) is 13.8 Å². The lowest BCUT2D eigenvalue weighted by atomic mass is 10.2. The zero-order valence-electron chi connectivity index (χ0n) is 11.3. The molecule has 0 saturated heterocycles. The van der Waals surface area contributed by atoms with Gasteiger partial charge in [-0.2, -0.15) is 0 Å². The van der Waals surface area contributed by atoms with Crippen molar-refractivity contribution in [3.63, 3.8) is 0 Å². The predicted molar refractivity (Wildman–Crippen MR) is 81.3 cm³/mol. The molecule has 100 valence electrons. The number of hydrogen-bond donors (Lipinski definition) is 2. The van der Waals surface area contributed by atoms with Gasteiger partial charge in [-0.1, -0.05) is 37.0 Å². The summed E-state index contributed by atoms with van der Waals surface area (Å²) in [5.74, 6) is -0.455. The second-order valence-electron chi connectivity index (χ2n) is 4.47. The quantitative estimate of drug-likeness (QED) is 0.606. The Hall–Kier alpha value is -2.29. The number of anilines is 2. The van der Waals surface area contributed by atoms with Crippen LogP contribution in [0.1, 0.15) is 13.8 Å². The summed E-state index contributed by atoms with van der Waals surface area (Å²) in [7, 11) is 0. The van der Waals surface area contributed by atoms with Gasteiger partial charge < -0.3 is 11.1 Å². The van der Waals surface area contributed by atoms with E-state index in [9.17, 15) is 4.39 Å². The molecule has 1 rings (SSSR count). The largest absolute Gasteiger partial charge is 0.396 e. The highest BCUT2D eigenvalue weighted by Crippen LogP contribution is 2.19. The van der Waals surface area contributed by atoms with Gasteiger partial charge in [0.25, 0.3) is 0 Å². The van der Waals surface area contributed by atoms with E-state index >= 15 is 0 Å². The standard InChI is InChI=1S/C16H19FN2/c1-11(2)6-5-7-12(3)13(4)19-14-8-9-16(18)15(17)10-14/h5-10,19H,3-4,18H2,1-2H3/b7-5-. The molecule has 0 fully saturated rings. The van der Waals surface area contributed by atoms with E-state index in [1.807, 2.05) is 32.1 Å². The Morgan fingerprint density at radius 3 is 2.58 bits per heavy atom. The van der Waals surface area contributed by atoms with Crippen LogP contribution < -0.4 is 11.1 Å². The molecule has 19 heavy (non-hydrogen) atoms. The molecule has 0 unspecified atom stereocenters. The van der Waals surface area contributed by atoms with E-state index in [0.717, 1.165) is 5.57 Å². The molecule has 0 aliphatic carbocycles. The summed E-state index contributed by atoms with van der Waals surface area (Å²) in [4.78, 5) is 0. The van der Waals surface area contributed by atoms with Crippen LogP contribution in [-0.4, -0.2) is 0 Å². The SMILES string of the molecule is C=C(/C=C\C=C(C)C)C(=C)Nc1ccc(N)c(F)c1. The molecule has 0 bridgehead atoms. The van der Waals surface area contributed by atoms with Crippen LogP contribution in [-0.2, 0) is 0 Å². The molecule has 0 heterocycles. The molecule has 0 radical (unpaired) electrons. The summed E-state index contributed by atoms with van der Waals surface area (Å²) in [6, 6.07) is 4.52. The summed E-state index contributed by atoms with van der Waals surface area (Å²) < 4.78 is 13.3. The Balaban J connectivity index is 2.69. The lowest BCUT2D eigenvalue weighted by molar-refractivity contribution is 0.633. The molecule has 2 nitrogen and oxygen atoms in total. The first-order valence-corrected chi connectivity index (χ1v) is 5.92. The number of hydrogen-bond acceptors (Lipinski definition) is 2. The number of benzene rings is 1. The molecule has 0 aromatic heterocycles. The lowest BCUT2D eigenvalue weighted by Crippen LogP contribution is -2.00. The maximum Gasteiger partial charge on any atom is 0.148 e. The number of nitrogen functional groups attached to an aromatic ring is 1. The monoisotopic (exact) mass is 258 g/mol. The molecule has 0 spiro atoms. The molecular formula is C16H19FN2. The maximum absolute atomic E-state index is 13.3. The molecule has 0 amide bonds. The Morgan fingerprint density at radius 1 is 1.32 bits per heavy atom. The second kappa shape index (κ2) is 6.59. The third-order valence-electron chi connectivity index (χ3n) is 2.41. The molecule has 0 atom stereocenters. The second-order valence-corrected chi connectivity index (χ2v) is 4.47. The van der Waals surface area contributed by atoms with E-state index in [0.29, 0.717) is 11.4 Å². The molecule has 0 aliphatic rings. The van der Waals surface area contributed by atoms with Gasteiger partial charge in [-0.25, -0.2) is 4.39 Å². The van der Waals surface area contributed by atoms with Crippen molar-refractivity contribution in [1.29, 1.82) is 0 Å². The van der Waals surface area contributed by atoms with Crippen LogP contribution in [0.2, 0.25) is 0 Å². The van der Waals surface area contributed by atoms with Gasteiger partial charge in [0.15, 0.2) is 0 Å². The van der Waals surface area contributed by atoms with Crippen LogP contribution in [0, 0.1) is 5.82 Å². The molecule has 3 N–H and O–H groups in total. The number of nitrogens with two attached hydrogens (primary N) is 1. The number of halogens is 1. The normalized spacial score (nSPS) is 10.3. The fourth-order valence-corrected chi connectivity index (χ4v) is 1.32. The minimum atomic E-state index is -0.455. The van der Waals surface area contributed by atoms with E-state index in [-0.39, 0.29) is 5.69 Å². The van der Waals surface area contributed by atoms with Crippen molar-refractivity contribution in [3.05, 3.63) is 72.2 Å². The summed E-state index contributed by atoms with van der Waals surface area (Å²) in [5, 5.41) is 2.99. The van der Waals surface area contributed by atoms with Crippen LogP contribution >= 0.6 is 0 Å². The van der Waals surface area contributed by atoms with Gasteiger partial charge in [0.05, 0.1) is 5.69 Å². The third kappa shape index (κ3) is 4.84. The lowest BCUT2D eigenvalue weighted by Gasteiger charge is -2.10. The smallest absolute Gasteiger partial charge is 0.148 e. The van der Waals surface area contributed by atoms with Crippen molar-refractivity contribution in [3.8, 4) is 0 Å². The molecule has 0 saturated carbocycles. The average molecular weight is 258 g/mol. The zero-order chi connectivity index (χ0) is 14.4. The Morgan fingerprint density at radius 2 is 2.00 bits per heavy atom. The summed E-state index contributed by atoms with van der Waals surface area (Å²) in [6.45, 7) is 11.8. The fourth-order valence-electron chi connectivity index (χ4n) is 1.32. The Bertz CT molecular complexity index is 550. The molecule has 3 heteroatoms. The first-order valence-electron chi connectivity index (χ1n) is 5.92. The summed E-state index contributed by atoms with van der Waals surface area (Å²) in [6.07, 6.45) is 5.71. The van der Waals surface area contributed by atoms with Gasteiger partial charge >= 0.3 is 0 Å². The van der Waals surface area contributed by atoms with Crippen LogP contribution in [0.25, 0.3) is 0 Å². The van der Waals surface area contributed by atoms with Crippen LogP contribution in [0.15, 0.2) is 66.4 Å². The van der Waals surface area contributed by atoms with Gasteiger partial charge in [0, 0.05) is 11.4 Å². The highest BCUT2D eigenvalue weighted by atomic mass is 19.1. The van der Waals surface area contributed by atoms with Crippen molar-refractivity contribution in [2.24, 2.45) is 0 Å². The van der Waals surface area contributed by atoms with E-state index in [2.05, 4.69) is 18.5 Å². The number of allylic oxidation sites excluding steroid dienone is 4.